The zero-order chi connectivity index (χ0) is 11.3. The lowest BCUT2D eigenvalue weighted by molar-refractivity contribution is -0.132. The molecule has 1 N–H and O–H groups in total. The van der Waals surface area contributed by atoms with Crippen molar-refractivity contribution < 1.29 is 4.79 Å². The number of amides is 1. The summed E-state index contributed by atoms with van der Waals surface area (Å²) in [6, 6.07) is 0. The number of likely N-dealkylation sites (tertiary alicyclic amines) is 1. The summed E-state index contributed by atoms with van der Waals surface area (Å²) in [6.45, 7) is 6.07. The molecule has 0 aromatic rings. The van der Waals surface area contributed by atoms with Gasteiger partial charge in [-0.1, -0.05) is 25.8 Å². The first-order valence-electron chi connectivity index (χ1n) is 5.73. The van der Waals surface area contributed by atoms with E-state index in [-0.39, 0.29) is 0 Å². The van der Waals surface area contributed by atoms with Crippen molar-refractivity contribution in [2.45, 2.75) is 38.4 Å². The van der Waals surface area contributed by atoms with Gasteiger partial charge in [0.15, 0.2) is 0 Å². The third kappa shape index (κ3) is 4.43. The van der Waals surface area contributed by atoms with E-state index in [1.54, 1.807) is 11.9 Å². The summed E-state index contributed by atoms with van der Waals surface area (Å²) in [5.74, 6) is 0.805. The molecule has 88 valence electrons. The van der Waals surface area contributed by atoms with E-state index < -0.39 is 0 Å². The molecule has 1 fully saturated rings. The van der Waals surface area contributed by atoms with Crippen molar-refractivity contribution >= 4 is 17.9 Å². The van der Waals surface area contributed by atoms with E-state index in [0.717, 1.165) is 25.9 Å². The molecule has 0 spiro atoms. The van der Waals surface area contributed by atoms with E-state index in [2.05, 4.69) is 18.6 Å². The lowest BCUT2D eigenvalue weighted by atomic mass is 10.1. The number of hydrogen-bond donors (Lipinski definition) is 1. The van der Waals surface area contributed by atoms with Crippen molar-refractivity contribution in [2.24, 2.45) is 5.92 Å². The highest BCUT2D eigenvalue weighted by molar-refractivity contribution is 7.98. The molecule has 0 bridgehead atoms. The Morgan fingerprint density at radius 3 is 2.53 bits per heavy atom. The molecule has 0 aliphatic carbocycles. The van der Waals surface area contributed by atoms with Crippen LogP contribution in [0, 0.1) is 5.92 Å². The average Bonchev–Trinajstić information content (AvgIpc) is 2.18. The van der Waals surface area contributed by atoms with Crippen LogP contribution in [0.2, 0.25) is 0 Å². The Kier molecular flexibility index (Phi) is 5.47. The Morgan fingerprint density at radius 2 is 2.07 bits per heavy atom. The maximum Gasteiger partial charge on any atom is 0.222 e. The monoisotopic (exact) mass is 230 g/mol. The van der Waals surface area contributed by atoms with Crippen LogP contribution in [0.1, 0.15) is 33.1 Å². The molecule has 0 radical (unpaired) electrons. The van der Waals surface area contributed by atoms with Gasteiger partial charge in [-0.2, -0.15) is 0 Å². The fraction of sp³-hybridized carbons (Fsp3) is 0.909. The van der Waals surface area contributed by atoms with Crippen molar-refractivity contribution in [1.82, 2.24) is 9.62 Å². The summed E-state index contributed by atoms with van der Waals surface area (Å²) in [5.41, 5.74) is 0. The summed E-state index contributed by atoms with van der Waals surface area (Å²) in [5, 5.41) is 0.679. The van der Waals surface area contributed by atoms with E-state index in [1.165, 1.54) is 0 Å². The van der Waals surface area contributed by atoms with Crippen LogP contribution < -0.4 is 4.72 Å². The third-order valence-corrected chi connectivity index (χ3v) is 3.70. The van der Waals surface area contributed by atoms with E-state index in [9.17, 15) is 4.79 Å². The van der Waals surface area contributed by atoms with Crippen molar-refractivity contribution in [1.29, 1.82) is 0 Å². The summed E-state index contributed by atoms with van der Waals surface area (Å²) in [6.07, 6.45) is 2.94. The zero-order valence-electron chi connectivity index (χ0n) is 9.95. The zero-order valence-corrected chi connectivity index (χ0v) is 10.8. The molecule has 0 unspecified atom stereocenters. The first-order chi connectivity index (χ1) is 7.13. The van der Waals surface area contributed by atoms with Gasteiger partial charge < -0.3 is 4.90 Å². The van der Waals surface area contributed by atoms with E-state index in [1.807, 2.05) is 11.9 Å². The molecule has 4 heteroatoms. The van der Waals surface area contributed by atoms with Crippen LogP contribution in [0.3, 0.4) is 0 Å². The van der Waals surface area contributed by atoms with Crippen LogP contribution >= 0.6 is 11.9 Å². The Bertz CT molecular complexity index is 201. The lowest BCUT2D eigenvalue weighted by Crippen LogP contribution is -2.40. The molecule has 1 amide bonds. The molecule has 3 nitrogen and oxygen atoms in total. The number of nitrogens with one attached hydrogen (secondary N) is 1. The Labute approximate surface area is 97.1 Å². The first kappa shape index (κ1) is 12.8. The first-order valence-corrected chi connectivity index (χ1v) is 6.61. The molecule has 0 atom stereocenters. The molecular weight excluding hydrogens is 208 g/mol. The lowest BCUT2D eigenvalue weighted by Gasteiger charge is -2.31. The minimum absolute atomic E-state index is 0.331. The van der Waals surface area contributed by atoms with Crippen molar-refractivity contribution in [3.8, 4) is 0 Å². The maximum absolute atomic E-state index is 11.8. The minimum Gasteiger partial charge on any atom is -0.343 e. The van der Waals surface area contributed by atoms with Gasteiger partial charge in [0, 0.05) is 24.8 Å². The highest BCUT2D eigenvalue weighted by Crippen LogP contribution is 2.21. The second kappa shape index (κ2) is 6.38. The number of carbonyl (C=O) groups is 1. The molecule has 0 aromatic carbocycles. The number of hydrogen-bond acceptors (Lipinski definition) is 3. The van der Waals surface area contributed by atoms with Gasteiger partial charge >= 0.3 is 0 Å². The predicted molar refractivity (Wildman–Crippen MR) is 65.7 cm³/mol. The standard InChI is InChI=1S/C11H22N2OS/c1-9(2)8-11(14)13-6-4-10(5-7-13)15-12-3/h9-10,12H,4-8H2,1-3H3. The Hall–Kier alpha value is -0.220. The van der Waals surface area contributed by atoms with Gasteiger partial charge in [0.2, 0.25) is 5.91 Å². The van der Waals surface area contributed by atoms with Crippen LogP contribution in [0.25, 0.3) is 0 Å². The molecule has 1 aliphatic heterocycles. The summed E-state index contributed by atoms with van der Waals surface area (Å²) >= 11 is 1.79. The second-order valence-electron chi connectivity index (χ2n) is 4.50. The molecule has 0 saturated carbocycles. The largest absolute Gasteiger partial charge is 0.343 e. The van der Waals surface area contributed by atoms with E-state index in [0.29, 0.717) is 23.5 Å². The van der Waals surface area contributed by atoms with Gasteiger partial charge in [-0.3, -0.25) is 9.52 Å². The van der Waals surface area contributed by atoms with Crippen LogP contribution in [0.15, 0.2) is 0 Å². The van der Waals surface area contributed by atoms with Gasteiger partial charge in [-0.05, 0) is 25.8 Å². The van der Waals surface area contributed by atoms with Crippen LogP contribution in [-0.4, -0.2) is 36.2 Å². The van der Waals surface area contributed by atoms with Crippen molar-refractivity contribution in [2.75, 3.05) is 20.1 Å². The van der Waals surface area contributed by atoms with Crippen molar-refractivity contribution in [3.63, 3.8) is 0 Å². The topological polar surface area (TPSA) is 32.3 Å². The quantitative estimate of drug-likeness (QED) is 0.749. The molecular formula is C11H22N2OS. The molecule has 15 heavy (non-hydrogen) atoms. The third-order valence-electron chi connectivity index (χ3n) is 2.66. The van der Waals surface area contributed by atoms with Crippen LogP contribution in [0.4, 0.5) is 0 Å². The van der Waals surface area contributed by atoms with Crippen molar-refractivity contribution in [3.05, 3.63) is 0 Å². The summed E-state index contributed by atoms with van der Waals surface area (Å²) in [4.78, 5) is 13.8. The van der Waals surface area contributed by atoms with Gasteiger partial charge in [-0.25, -0.2) is 0 Å². The number of nitrogens with zero attached hydrogens (tertiary/aromatic N) is 1. The normalized spacial score (nSPS) is 18.5. The average molecular weight is 230 g/mol. The van der Waals surface area contributed by atoms with Gasteiger partial charge in [0.25, 0.3) is 0 Å². The van der Waals surface area contributed by atoms with E-state index >= 15 is 0 Å². The summed E-state index contributed by atoms with van der Waals surface area (Å²) < 4.78 is 3.13. The fourth-order valence-electron chi connectivity index (χ4n) is 1.87. The van der Waals surface area contributed by atoms with Crippen LogP contribution in [-0.2, 0) is 4.79 Å². The Morgan fingerprint density at radius 1 is 1.47 bits per heavy atom. The van der Waals surface area contributed by atoms with E-state index in [4.69, 9.17) is 0 Å². The highest BCUT2D eigenvalue weighted by atomic mass is 32.2. The van der Waals surface area contributed by atoms with Gasteiger partial charge in [-0.15, -0.1) is 0 Å². The maximum atomic E-state index is 11.8. The summed E-state index contributed by atoms with van der Waals surface area (Å²) in [7, 11) is 1.96. The second-order valence-corrected chi connectivity index (χ2v) is 5.81. The molecule has 1 aliphatic rings. The fourth-order valence-corrected chi connectivity index (χ4v) is 2.65. The van der Waals surface area contributed by atoms with Gasteiger partial charge in [0.1, 0.15) is 0 Å². The number of piperidine rings is 1. The predicted octanol–water partition coefficient (Wildman–Crippen LogP) is 1.89. The Balaban J connectivity index is 2.27. The molecule has 1 saturated heterocycles. The van der Waals surface area contributed by atoms with Crippen LogP contribution in [0.5, 0.6) is 0 Å². The number of carbonyl (C=O) groups excluding carboxylic acids is 1. The molecule has 1 rings (SSSR count). The van der Waals surface area contributed by atoms with Gasteiger partial charge in [0.05, 0.1) is 0 Å². The minimum atomic E-state index is 0.331. The smallest absolute Gasteiger partial charge is 0.222 e. The number of rotatable bonds is 4. The molecule has 1 heterocycles. The highest BCUT2D eigenvalue weighted by Gasteiger charge is 2.22. The SMILES string of the molecule is CNSC1CCN(C(=O)CC(C)C)CC1. The molecule has 0 aromatic heterocycles.